The summed E-state index contributed by atoms with van der Waals surface area (Å²) in [5, 5.41) is 0. The van der Waals surface area contributed by atoms with E-state index in [4.69, 9.17) is 14.2 Å². The maximum absolute atomic E-state index is 12.1. The van der Waals surface area contributed by atoms with Gasteiger partial charge in [-0.2, -0.15) is 0 Å². The second-order valence-electron chi connectivity index (χ2n) is 4.93. The lowest BCUT2D eigenvalue weighted by Gasteiger charge is -2.17. The van der Waals surface area contributed by atoms with E-state index >= 15 is 0 Å². The molecule has 0 aliphatic carbocycles. The van der Waals surface area contributed by atoms with Gasteiger partial charge in [0.2, 0.25) is 0 Å². The molecule has 1 atom stereocenters. The molecule has 0 bridgehead atoms. The summed E-state index contributed by atoms with van der Waals surface area (Å²) in [4.78, 5) is 12.1. The zero-order valence-electron chi connectivity index (χ0n) is 13.0. The lowest BCUT2D eigenvalue weighted by Crippen LogP contribution is -2.21. The van der Waals surface area contributed by atoms with Crippen molar-refractivity contribution in [3.8, 4) is 11.5 Å². The normalized spacial score (nSPS) is 11.6. The van der Waals surface area contributed by atoms with Gasteiger partial charge in [-0.15, -0.1) is 0 Å². The highest BCUT2D eigenvalue weighted by molar-refractivity contribution is 5.78. The molecule has 4 heteroatoms. The van der Waals surface area contributed by atoms with E-state index in [1.807, 2.05) is 55.5 Å². The zero-order valence-corrected chi connectivity index (χ0v) is 13.0. The third-order valence-electron chi connectivity index (χ3n) is 3.48. The molecule has 0 N–H and O–H groups in total. The quantitative estimate of drug-likeness (QED) is 0.768. The molecule has 2 aromatic carbocycles. The first kappa shape index (κ1) is 15.9. The van der Waals surface area contributed by atoms with Gasteiger partial charge in [-0.1, -0.05) is 30.3 Å². The van der Waals surface area contributed by atoms with Gasteiger partial charge in [0, 0.05) is 0 Å². The molecule has 0 aliphatic rings. The molecule has 2 aromatic rings. The average molecular weight is 300 g/mol. The predicted octanol–water partition coefficient (Wildman–Crippen LogP) is 3.34. The summed E-state index contributed by atoms with van der Waals surface area (Å²) in [6.45, 7) is 2.18. The minimum Gasteiger partial charge on any atom is -0.497 e. The van der Waals surface area contributed by atoms with E-state index in [2.05, 4.69) is 0 Å². The second-order valence-corrected chi connectivity index (χ2v) is 4.93. The van der Waals surface area contributed by atoms with Crippen LogP contribution < -0.4 is 9.47 Å². The van der Waals surface area contributed by atoms with Gasteiger partial charge in [-0.05, 0) is 36.2 Å². The molecular weight excluding hydrogens is 280 g/mol. The number of rotatable bonds is 6. The zero-order chi connectivity index (χ0) is 15.9. The van der Waals surface area contributed by atoms with Gasteiger partial charge in [0.05, 0.1) is 14.2 Å². The van der Waals surface area contributed by atoms with Gasteiger partial charge in [-0.25, -0.2) is 0 Å². The van der Waals surface area contributed by atoms with Crippen LogP contribution in [0.5, 0.6) is 11.5 Å². The highest BCUT2D eigenvalue weighted by Gasteiger charge is 2.23. The summed E-state index contributed by atoms with van der Waals surface area (Å²) in [5.41, 5.74) is 1.83. The number of hydrogen-bond acceptors (Lipinski definition) is 4. The molecular formula is C18H20O4. The first-order valence-corrected chi connectivity index (χ1v) is 7.06. The molecule has 1 unspecified atom stereocenters. The van der Waals surface area contributed by atoms with E-state index in [0.29, 0.717) is 5.75 Å². The Morgan fingerprint density at radius 1 is 1.09 bits per heavy atom. The van der Waals surface area contributed by atoms with Gasteiger partial charge in [0.1, 0.15) is 24.0 Å². The van der Waals surface area contributed by atoms with Crippen molar-refractivity contribution in [1.29, 1.82) is 0 Å². The molecule has 2 rings (SSSR count). The van der Waals surface area contributed by atoms with Crippen molar-refractivity contribution in [1.82, 2.24) is 0 Å². The van der Waals surface area contributed by atoms with Gasteiger partial charge >= 0.3 is 5.97 Å². The Morgan fingerprint density at radius 2 is 1.86 bits per heavy atom. The first-order valence-electron chi connectivity index (χ1n) is 7.06. The van der Waals surface area contributed by atoms with Crippen molar-refractivity contribution in [2.75, 3.05) is 20.8 Å². The van der Waals surface area contributed by atoms with Crippen LogP contribution in [-0.4, -0.2) is 26.8 Å². The van der Waals surface area contributed by atoms with E-state index < -0.39 is 5.92 Å². The molecule has 22 heavy (non-hydrogen) atoms. The van der Waals surface area contributed by atoms with E-state index in [9.17, 15) is 4.79 Å². The largest absolute Gasteiger partial charge is 0.497 e. The summed E-state index contributed by atoms with van der Waals surface area (Å²) in [6.07, 6.45) is 0. The Bertz CT molecular complexity index is 636. The Labute approximate surface area is 130 Å². The fourth-order valence-corrected chi connectivity index (χ4v) is 2.19. The van der Waals surface area contributed by atoms with Crippen LogP contribution in [0.1, 0.15) is 17.0 Å². The van der Waals surface area contributed by atoms with Gasteiger partial charge in [0.15, 0.2) is 0 Å². The molecule has 0 aliphatic heterocycles. The summed E-state index contributed by atoms with van der Waals surface area (Å²) in [7, 11) is 2.97. The van der Waals surface area contributed by atoms with E-state index in [1.54, 1.807) is 7.11 Å². The Hall–Kier alpha value is -2.49. The van der Waals surface area contributed by atoms with Crippen LogP contribution >= 0.6 is 0 Å². The first-order chi connectivity index (χ1) is 10.7. The van der Waals surface area contributed by atoms with Crippen LogP contribution in [0.25, 0.3) is 0 Å². The molecule has 0 amide bonds. The number of ether oxygens (including phenoxy) is 3. The van der Waals surface area contributed by atoms with E-state index in [0.717, 1.165) is 16.9 Å². The molecule has 0 saturated carbocycles. The summed E-state index contributed by atoms with van der Waals surface area (Å²) in [5.74, 6) is 0.628. The monoisotopic (exact) mass is 300 g/mol. The molecule has 4 nitrogen and oxygen atoms in total. The SMILES string of the molecule is COC(=O)C(COc1ccccc1C)c1cccc(OC)c1. The highest BCUT2D eigenvalue weighted by Crippen LogP contribution is 2.24. The highest BCUT2D eigenvalue weighted by atomic mass is 16.5. The van der Waals surface area contributed by atoms with Crippen molar-refractivity contribution in [3.05, 3.63) is 59.7 Å². The lowest BCUT2D eigenvalue weighted by atomic mass is 10.00. The summed E-state index contributed by atoms with van der Waals surface area (Å²) in [6, 6.07) is 15.1. The van der Waals surface area contributed by atoms with Gasteiger partial charge in [0.25, 0.3) is 0 Å². The number of carbonyl (C=O) groups is 1. The van der Waals surface area contributed by atoms with Crippen LogP contribution in [0.4, 0.5) is 0 Å². The molecule has 0 saturated heterocycles. The molecule has 0 radical (unpaired) electrons. The molecule has 0 aromatic heterocycles. The van der Waals surface area contributed by atoms with Crippen molar-refractivity contribution in [3.63, 3.8) is 0 Å². The topological polar surface area (TPSA) is 44.8 Å². The third-order valence-corrected chi connectivity index (χ3v) is 3.48. The number of aryl methyl sites for hydroxylation is 1. The fourth-order valence-electron chi connectivity index (χ4n) is 2.19. The number of esters is 1. The Balaban J connectivity index is 2.19. The van der Waals surface area contributed by atoms with Crippen LogP contribution in [0, 0.1) is 6.92 Å². The third kappa shape index (κ3) is 3.79. The van der Waals surface area contributed by atoms with E-state index in [-0.39, 0.29) is 12.6 Å². The van der Waals surface area contributed by atoms with E-state index in [1.165, 1.54) is 7.11 Å². The van der Waals surface area contributed by atoms with Crippen LogP contribution in [0.2, 0.25) is 0 Å². The Morgan fingerprint density at radius 3 is 2.55 bits per heavy atom. The maximum atomic E-state index is 12.1. The number of carbonyl (C=O) groups excluding carboxylic acids is 1. The summed E-state index contributed by atoms with van der Waals surface area (Å²) < 4.78 is 15.9. The average Bonchev–Trinajstić information content (AvgIpc) is 2.56. The summed E-state index contributed by atoms with van der Waals surface area (Å²) >= 11 is 0. The minimum atomic E-state index is -0.500. The fraction of sp³-hybridized carbons (Fsp3) is 0.278. The minimum absolute atomic E-state index is 0.213. The van der Waals surface area contributed by atoms with Crippen molar-refractivity contribution < 1.29 is 19.0 Å². The standard InChI is InChI=1S/C18H20O4/c1-13-7-4-5-10-17(13)22-12-16(18(19)21-3)14-8-6-9-15(11-14)20-2/h4-11,16H,12H2,1-3H3. The molecule has 0 heterocycles. The van der Waals surface area contributed by atoms with Crippen LogP contribution in [0.3, 0.4) is 0 Å². The molecule has 0 fully saturated rings. The smallest absolute Gasteiger partial charge is 0.316 e. The Kier molecular flexibility index (Phi) is 5.42. The number of hydrogen-bond donors (Lipinski definition) is 0. The second kappa shape index (κ2) is 7.50. The predicted molar refractivity (Wildman–Crippen MR) is 84.4 cm³/mol. The van der Waals surface area contributed by atoms with Crippen LogP contribution in [-0.2, 0) is 9.53 Å². The number of benzene rings is 2. The van der Waals surface area contributed by atoms with Crippen molar-refractivity contribution >= 4 is 5.97 Å². The number of para-hydroxylation sites is 1. The molecule has 116 valence electrons. The number of methoxy groups -OCH3 is 2. The van der Waals surface area contributed by atoms with Crippen molar-refractivity contribution in [2.45, 2.75) is 12.8 Å². The maximum Gasteiger partial charge on any atom is 0.316 e. The lowest BCUT2D eigenvalue weighted by molar-refractivity contribution is -0.143. The molecule has 0 spiro atoms. The van der Waals surface area contributed by atoms with Crippen LogP contribution in [0.15, 0.2) is 48.5 Å². The van der Waals surface area contributed by atoms with Gasteiger partial charge < -0.3 is 14.2 Å². The van der Waals surface area contributed by atoms with Crippen molar-refractivity contribution in [2.24, 2.45) is 0 Å². The van der Waals surface area contributed by atoms with Gasteiger partial charge in [-0.3, -0.25) is 4.79 Å².